The molecule has 1 aliphatic carbocycles. The van der Waals surface area contributed by atoms with Crippen LogP contribution in [0.5, 0.6) is 0 Å². The summed E-state index contributed by atoms with van der Waals surface area (Å²) in [5.74, 6) is -1.50. The summed E-state index contributed by atoms with van der Waals surface area (Å²) < 4.78 is 0. The van der Waals surface area contributed by atoms with Crippen molar-refractivity contribution >= 4 is 23.5 Å². The number of rotatable bonds is 2. The fourth-order valence-electron chi connectivity index (χ4n) is 1.47. The average molecular weight is 230 g/mol. The summed E-state index contributed by atoms with van der Waals surface area (Å²) in [5.41, 5.74) is 0. The summed E-state index contributed by atoms with van der Waals surface area (Å²) in [6, 6.07) is 0. The van der Waals surface area contributed by atoms with E-state index in [-0.39, 0.29) is 23.8 Å². The van der Waals surface area contributed by atoms with Gasteiger partial charge in [0, 0.05) is 19.3 Å². The minimum Gasteiger partial charge on any atom is -0.450 e. The molecule has 0 aromatic rings. The molecular formula is C10H14O6. The van der Waals surface area contributed by atoms with Crippen molar-refractivity contribution in [1.82, 2.24) is 0 Å². The maximum atomic E-state index is 11.2. The average Bonchev–Trinajstić information content (AvgIpc) is 2.16. The third-order valence-electron chi connectivity index (χ3n) is 2.16. The first-order valence-corrected chi connectivity index (χ1v) is 4.90. The van der Waals surface area contributed by atoms with Crippen molar-refractivity contribution in [2.45, 2.75) is 32.6 Å². The molecule has 6 heteroatoms. The number of ketones is 3. The highest BCUT2D eigenvalue weighted by atomic mass is 16.6. The van der Waals surface area contributed by atoms with E-state index in [2.05, 4.69) is 0 Å². The van der Waals surface area contributed by atoms with Crippen LogP contribution in [0.3, 0.4) is 0 Å². The van der Waals surface area contributed by atoms with E-state index in [4.69, 9.17) is 15.0 Å². The molecule has 6 nitrogen and oxygen atoms in total. The standard InChI is InChI=1S/C9H12O3.CH2O3/c1-2-6(10)9-7(11)4-3-5-8(9)12;2-1(3)4/h9H,2-5H2,1H3;(H2,2,3,4). The number of carboxylic acid groups (broad SMARTS) is 2. The van der Waals surface area contributed by atoms with Crippen molar-refractivity contribution in [2.75, 3.05) is 0 Å². The fourth-order valence-corrected chi connectivity index (χ4v) is 1.47. The molecule has 1 aliphatic rings. The van der Waals surface area contributed by atoms with Crippen LogP contribution in [-0.2, 0) is 14.4 Å². The Morgan fingerprint density at radius 2 is 1.56 bits per heavy atom. The van der Waals surface area contributed by atoms with Gasteiger partial charge in [0.25, 0.3) is 0 Å². The van der Waals surface area contributed by atoms with Gasteiger partial charge < -0.3 is 10.2 Å². The van der Waals surface area contributed by atoms with E-state index in [1.807, 2.05) is 0 Å². The van der Waals surface area contributed by atoms with Gasteiger partial charge in [-0.3, -0.25) is 14.4 Å². The van der Waals surface area contributed by atoms with Gasteiger partial charge in [-0.05, 0) is 6.42 Å². The molecule has 0 amide bonds. The highest BCUT2D eigenvalue weighted by Gasteiger charge is 2.34. The van der Waals surface area contributed by atoms with Gasteiger partial charge >= 0.3 is 6.16 Å². The number of carbonyl (C=O) groups is 4. The molecule has 1 saturated carbocycles. The van der Waals surface area contributed by atoms with Crippen LogP contribution in [-0.4, -0.2) is 33.7 Å². The first-order chi connectivity index (χ1) is 7.40. The third kappa shape index (κ3) is 4.68. The quantitative estimate of drug-likeness (QED) is 0.688. The maximum Gasteiger partial charge on any atom is 0.503 e. The highest BCUT2D eigenvalue weighted by molar-refractivity contribution is 6.20. The van der Waals surface area contributed by atoms with Gasteiger partial charge in [0.1, 0.15) is 5.92 Å². The first kappa shape index (κ1) is 14.3. The summed E-state index contributed by atoms with van der Waals surface area (Å²) in [4.78, 5) is 42.0. The Labute approximate surface area is 92.3 Å². The second-order valence-electron chi connectivity index (χ2n) is 3.32. The van der Waals surface area contributed by atoms with Gasteiger partial charge in [-0.1, -0.05) is 6.92 Å². The van der Waals surface area contributed by atoms with Crippen molar-refractivity contribution in [1.29, 1.82) is 0 Å². The molecule has 0 heterocycles. The molecule has 0 saturated heterocycles. The van der Waals surface area contributed by atoms with E-state index in [0.29, 0.717) is 19.3 Å². The van der Waals surface area contributed by atoms with Crippen molar-refractivity contribution in [3.05, 3.63) is 0 Å². The molecule has 0 atom stereocenters. The molecular weight excluding hydrogens is 216 g/mol. The number of hydrogen-bond acceptors (Lipinski definition) is 4. The molecule has 0 aliphatic heterocycles. The fraction of sp³-hybridized carbons (Fsp3) is 0.600. The van der Waals surface area contributed by atoms with Crippen LogP contribution in [0.1, 0.15) is 32.6 Å². The van der Waals surface area contributed by atoms with Crippen molar-refractivity contribution in [3.8, 4) is 0 Å². The molecule has 0 unspecified atom stereocenters. The Balaban J connectivity index is 0.000000487. The van der Waals surface area contributed by atoms with Gasteiger partial charge in [-0.25, -0.2) is 4.79 Å². The van der Waals surface area contributed by atoms with E-state index in [1.54, 1.807) is 6.92 Å². The lowest BCUT2D eigenvalue weighted by Crippen LogP contribution is -2.34. The Kier molecular flexibility index (Phi) is 5.99. The second-order valence-corrected chi connectivity index (χ2v) is 3.32. The van der Waals surface area contributed by atoms with Gasteiger partial charge in [0.2, 0.25) is 0 Å². The molecule has 90 valence electrons. The van der Waals surface area contributed by atoms with E-state index >= 15 is 0 Å². The van der Waals surface area contributed by atoms with E-state index in [9.17, 15) is 14.4 Å². The zero-order valence-corrected chi connectivity index (χ0v) is 8.93. The zero-order chi connectivity index (χ0) is 12.7. The summed E-state index contributed by atoms with van der Waals surface area (Å²) in [7, 11) is 0. The lowest BCUT2D eigenvalue weighted by Gasteiger charge is -2.16. The molecule has 2 N–H and O–H groups in total. The zero-order valence-electron chi connectivity index (χ0n) is 8.93. The second kappa shape index (κ2) is 6.71. The number of hydrogen-bond donors (Lipinski definition) is 2. The van der Waals surface area contributed by atoms with Gasteiger partial charge in [-0.2, -0.15) is 0 Å². The molecule has 1 rings (SSSR count). The third-order valence-corrected chi connectivity index (χ3v) is 2.16. The van der Waals surface area contributed by atoms with Gasteiger partial charge in [0.15, 0.2) is 17.3 Å². The van der Waals surface area contributed by atoms with Crippen molar-refractivity contribution < 1.29 is 29.4 Å². The highest BCUT2D eigenvalue weighted by Crippen LogP contribution is 2.18. The predicted molar refractivity (Wildman–Crippen MR) is 53.3 cm³/mol. The van der Waals surface area contributed by atoms with Crippen molar-refractivity contribution in [3.63, 3.8) is 0 Å². The number of Topliss-reactive ketones (excluding diaryl/α,β-unsaturated/α-hetero) is 3. The van der Waals surface area contributed by atoms with Crippen LogP contribution in [0.25, 0.3) is 0 Å². The molecule has 0 spiro atoms. The Hall–Kier alpha value is -1.72. The minimum absolute atomic E-state index is 0.182. The van der Waals surface area contributed by atoms with Crippen LogP contribution >= 0.6 is 0 Å². The van der Waals surface area contributed by atoms with Crippen LogP contribution in [0.2, 0.25) is 0 Å². The predicted octanol–water partition coefficient (Wildman–Crippen LogP) is 1.13. The van der Waals surface area contributed by atoms with Crippen molar-refractivity contribution in [2.24, 2.45) is 5.92 Å². The molecule has 0 radical (unpaired) electrons. The lowest BCUT2D eigenvalue weighted by molar-refractivity contribution is -0.142. The Morgan fingerprint density at radius 3 is 1.88 bits per heavy atom. The van der Waals surface area contributed by atoms with E-state index < -0.39 is 12.1 Å². The molecule has 0 aromatic heterocycles. The summed E-state index contributed by atoms with van der Waals surface area (Å²) in [6.45, 7) is 1.68. The first-order valence-electron chi connectivity index (χ1n) is 4.90. The number of carbonyl (C=O) groups excluding carboxylic acids is 3. The van der Waals surface area contributed by atoms with Crippen LogP contribution < -0.4 is 0 Å². The van der Waals surface area contributed by atoms with Gasteiger partial charge in [-0.15, -0.1) is 0 Å². The maximum absolute atomic E-state index is 11.2. The monoisotopic (exact) mass is 230 g/mol. The molecule has 0 aromatic carbocycles. The largest absolute Gasteiger partial charge is 0.503 e. The van der Waals surface area contributed by atoms with E-state index in [1.165, 1.54) is 0 Å². The van der Waals surface area contributed by atoms with Gasteiger partial charge in [0.05, 0.1) is 0 Å². The lowest BCUT2D eigenvalue weighted by atomic mass is 9.83. The summed E-state index contributed by atoms with van der Waals surface area (Å²) >= 11 is 0. The molecule has 16 heavy (non-hydrogen) atoms. The summed E-state index contributed by atoms with van der Waals surface area (Å²) in [5, 5.41) is 13.9. The Morgan fingerprint density at radius 1 is 1.19 bits per heavy atom. The molecule has 0 bridgehead atoms. The SMILES string of the molecule is CCC(=O)C1C(=O)CCCC1=O.O=C(O)O. The van der Waals surface area contributed by atoms with Crippen LogP contribution in [0.4, 0.5) is 4.79 Å². The molecule has 1 fully saturated rings. The van der Waals surface area contributed by atoms with E-state index in [0.717, 1.165) is 0 Å². The van der Waals surface area contributed by atoms with Crippen LogP contribution in [0, 0.1) is 5.92 Å². The topological polar surface area (TPSA) is 109 Å². The minimum atomic E-state index is -1.83. The summed E-state index contributed by atoms with van der Waals surface area (Å²) in [6.07, 6.45) is -0.155. The Bertz CT molecular complexity index is 275. The normalized spacial score (nSPS) is 16.3. The smallest absolute Gasteiger partial charge is 0.450 e. The van der Waals surface area contributed by atoms with Crippen LogP contribution in [0.15, 0.2) is 0 Å².